The molecule has 0 spiro atoms. The van der Waals surface area contributed by atoms with Gasteiger partial charge in [-0.05, 0) is 70.4 Å². The van der Waals surface area contributed by atoms with Gasteiger partial charge in [-0.15, -0.1) is 0 Å². The molecule has 4 aromatic carbocycles. The maximum Gasteiger partial charge on any atom is 0.266 e. The Morgan fingerprint density at radius 1 is 0.938 bits per heavy atom. The van der Waals surface area contributed by atoms with Gasteiger partial charge in [0.25, 0.3) is 5.91 Å². The van der Waals surface area contributed by atoms with E-state index in [2.05, 4.69) is 29.6 Å². The molecule has 0 saturated carbocycles. The lowest BCUT2D eigenvalue weighted by atomic mass is 10.1. The summed E-state index contributed by atoms with van der Waals surface area (Å²) in [6, 6.07) is 29.6. The maximum absolute atomic E-state index is 12.4. The minimum Gasteiger partial charge on any atom is -0.508 e. The van der Waals surface area contributed by atoms with Crippen LogP contribution in [0.3, 0.4) is 0 Å². The van der Waals surface area contributed by atoms with Gasteiger partial charge < -0.3 is 15.2 Å². The van der Waals surface area contributed by atoms with Crippen molar-refractivity contribution in [2.75, 3.05) is 5.32 Å². The van der Waals surface area contributed by atoms with Gasteiger partial charge in [0.2, 0.25) is 0 Å². The zero-order valence-corrected chi connectivity index (χ0v) is 17.2. The standard InChI is InChI=1S/C27H20N2O3/c28-17-23(27(31)29-24-9-11-25(30)12-10-24)15-19-6-13-26(14-7-19)32-18-20-5-8-21-3-1-2-4-22(21)16-20/h1-16,30H,18H2,(H,29,31)/b23-15+. The van der Waals surface area contributed by atoms with Gasteiger partial charge in [0.05, 0.1) is 0 Å². The van der Waals surface area contributed by atoms with E-state index in [-0.39, 0.29) is 11.3 Å². The molecule has 4 rings (SSSR count). The van der Waals surface area contributed by atoms with Crippen molar-refractivity contribution in [3.63, 3.8) is 0 Å². The van der Waals surface area contributed by atoms with Gasteiger partial charge in [-0.2, -0.15) is 5.26 Å². The second-order valence-electron chi connectivity index (χ2n) is 7.21. The van der Waals surface area contributed by atoms with Gasteiger partial charge in [0, 0.05) is 5.69 Å². The molecule has 0 atom stereocenters. The molecule has 1 amide bonds. The Balaban J connectivity index is 1.40. The monoisotopic (exact) mass is 420 g/mol. The highest BCUT2D eigenvalue weighted by Gasteiger charge is 2.09. The molecule has 0 aromatic heterocycles. The molecule has 2 N–H and O–H groups in total. The molecule has 0 bridgehead atoms. The van der Waals surface area contributed by atoms with E-state index in [1.54, 1.807) is 36.4 Å². The lowest BCUT2D eigenvalue weighted by Gasteiger charge is -2.08. The predicted octanol–water partition coefficient (Wildman–Crippen LogP) is 5.67. The molecule has 0 heterocycles. The fourth-order valence-electron chi connectivity index (χ4n) is 3.21. The zero-order valence-electron chi connectivity index (χ0n) is 17.2. The van der Waals surface area contributed by atoms with Crippen LogP contribution in [-0.2, 0) is 11.4 Å². The maximum atomic E-state index is 12.4. The number of ether oxygens (including phenoxy) is 1. The van der Waals surface area contributed by atoms with Crippen molar-refractivity contribution in [2.45, 2.75) is 6.61 Å². The Bertz CT molecular complexity index is 1320. The SMILES string of the molecule is N#C/C(=C\c1ccc(OCc2ccc3ccccc3c2)cc1)C(=O)Nc1ccc(O)cc1. The number of benzene rings is 4. The summed E-state index contributed by atoms with van der Waals surface area (Å²) in [4.78, 5) is 12.4. The number of aromatic hydroxyl groups is 1. The predicted molar refractivity (Wildman–Crippen MR) is 125 cm³/mol. The van der Waals surface area contributed by atoms with Crippen LogP contribution in [0, 0.1) is 11.3 Å². The van der Waals surface area contributed by atoms with Crippen LogP contribution < -0.4 is 10.1 Å². The van der Waals surface area contributed by atoms with Crippen molar-refractivity contribution < 1.29 is 14.6 Å². The smallest absolute Gasteiger partial charge is 0.266 e. The molecule has 0 aliphatic carbocycles. The van der Waals surface area contributed by atoms with Crippen molar-refractivity contribution >= 4 is 28.4 Å². The van der Waals surface area contributed by atoms with Gasteiger partial charge in [0.15, 0.2) is 0 Å². The summed E-state index contributed by atoms with van der Waals surface area (Å²) in [6.07, 6.45) is 1.52. The largest absolute Gasteiger partial charge is 0.508 e. The quantitative estimate of drug-likeness (QED) is 0.239. The molecule has 0 aliphatic rings. The first kappa shape index (κ1) is 20.7. The first-order chi connectivity index (χ1) is 15.6. The molecule has 0 saturated heterocycles. The number of nitrogens with zero attached hydrogens (tertiary/aromatic N) is 1. The highest BCUT2D eigenvalue weighted by atomic mass is 16.5. The molecule has 0 fully saturated rings. The molecule has 5 nitrogen and oxygen atoms in total. The molecular weight excluding hydrogens is 400 g/mol. The third-order valence-corrected chi connectivity index (χ3v) is 4.90. The lowest BCUT2D eigenvalue weighted by Crippen LogP contribution is -2.13. The molecule has 156 valence electrons. The van der Waals surface area contributed by atoms with E-state index in [0.29, 0.717) is 23.6 Å². The molecular formula is C27H20N2O3. The van der Waals surface area contributed by atoms with Crippen LogP contribution >= 0.6 is 0 Å². The minimum absolute atomic E-state index is 0.0251. The number of rotatable bonds is 6. The minimum atomic E-state index is -0.519. The summed E-state index contributed by atoms with van der Waals surface area (Å²) >= 11 is 0. The van der Waals surface area contributed by atoms with Crippen molar-refractivity contribution in [3.8, 4) is 17.6 Å². The van der Waals surface area contributed by atoms with Crippen LogP contribution in [0.2, 0.25) is 0 Å². The van der Waals surface area contributed by atoms with Crippen LogP contribution in [0.25, 0.3) is 16.8 Å². The van der Waals surface area contributed by atoms with Gasteiger partial charge >= 0.3 is 0 Å². The molecule has 32 heavy (non-hydrogen) atoms. The summed E-state index contributed by atoms with van der Waals surface area (Å²) in [5, 5.41) is 23.7. The number of phenols is 1. The van der Waals surface area contributed by atoms with Crippen molar-refractivity contribution in [1.82, 2.24) is 0 Å². The van der Waals surface area contributed by atoms with E-state index in [1.165, 1.54) is 29.0 Å². The van der Waals surface area contributed by atoms with Crippen LogP contribution in [-0.4, -0.2) is 11.0 Å². The summed E-state index contributed by atoms with van der Waals surface area (Å²) in [5.74, 6) is 0.277. The topological polar surface area (TPSA) is 82.3 Å². The van der Waals surface area contributed by atoms with Gasteiger partial charge in [0.1, 0.15) is 29.7 Å². The number of hydrogen-bond acceptors (Lipinski definition) is 4. The van der Waals surface area contributed by atoms with Crippen LogP contribution in [0.15, 0.2) is 96.6 Å². The van der Waals surface area contributed by atoms with E-state index >= 15 is 0 Å². The van der Waals surface area contributed by atoms with E-state index in [0.717, 1.165) is 5.56 Å². The summed E-state index contributed by atoms with van der Waals surface area (Å²) in [6.45, 7) is 0.443. The van der Waals surface area contributed by atoms with E-state index in [4.69, 9.17) is 4.74 Å². The van der Waals surface area contributed by atoms with Crippen molar-refractivity contribution in [1.29, 1.82) is 5.26 Å². The average molecular weight is 420 g/mol. The van der Waals surface area contributed by atoms with E-state index in [1.807, 2.05) is 24.3 Å². The average Bonchev–Trinajstić information content (AvgIpc) is 2.83. The second kappa shape index (κ2) is 9.50. The van der Waals surface area contributed by atoms with E-state index in [9.17, 15) is 15.2 Å². The van der Waals surface area contributed by atoms with E-state index < -0.39 is 5.91 Å². The Kier molecular flexibility index (Phi) is 6.15. The number of nitriles is 1. The molecule has 4 aromatic rings. The van der Waals surface area contributed by atoms with Gasteiger partial charge in [-0.25, -0.2) is 0 Å². The fraction of sp³-hybridized carbons (Fsp3) is 0.0370. The Morgan fingerprint density at radius 3 is 2.38 bits per heavy atom. The Labute approximate surface area is 185 Å². The number of phenolic OH excluding ortho intramolecular Hbond substituents is 1. The first-order valence-corrected chi connectivity index (χ1v) is 10.0. The number of carbonyl (C=O) groups excluding carboxylic acids is 1. The lowest BCUT2D eigenvalue weighted by molar-refractivity contribution is -0.112. The number of nitrogens with one attached hydrogen (secondary N) is 1. The zero-order chi connectivity index (χ0) is 22.3. The molecule has 0 unspecified atom stereocenters. The Morgan fingerprint density at radius 2 is 1.66 bits per heavy atom. The molecule has 0 aliphatic heterocycles. The molecule has 5 heteroatoms. The number of anilines is 1. The van der Waals surface area contributed by atoms with Crippen LogP contribution in [0.1, 0.15) is 11.1 Å². The third kappa shape index (κ3) is 5.13. The van der Waals surface area contributed by atoms with Crippen LogP contribution in [0.4, 0.5) is 5.69 Å². The number of carbonyl (C=O) groups is 1. The van der Waals surface area contributed by atoms with Gasteiger partial charge in [-0.3, -0.25) is 4.79 Å². The summed E-state index contributed by atoms with van der Waals surface area (Å²) in [7, 11) is 0. The summed E-state index contributed by atoms with van der Waals surface area (Å²) in [5.41, 5.74) is 2.25. The summed E-state index contributed by atoms with van der Waals surface area (Å²) < 4.78 is 5.88. The van der Waals surface area contributed by atoms with Crippen LogP contribution in [0.5, 0.6) is 11.5 Å². The highest BCUT2D eigenvalue weighted by Crippen LogP contribution is 2.20. The third-order valence-electron chi connectivity index (χ3n) is 4.90. The Hall–Kier alpha value is -4.56. The van der Waals surface area contributed by atoms with Crippen molar-refractivity contribution in [3.05, 3.63) is 108 Å². The highest BCUT2D eigenvalue weighted by molar-refractivity contribution is 6.09. The second-order valence-corrected chi connectivity index (χ2v) is 7.21. The van der Waals surface area contributed by atoms with Crippen molar-refractivity contribution in [2.24, 2.45) is 0 Å². The number of hydrogen-bond donors (Lipinski definition) is 2. The molecule has 0 radical (unpaired) electrons. The van der Waals surface area contributed by atoms with Gasteiger partial charge in [-0.1, -0.05) is 48.5 Å². The normalized spacial score (nSPS) is 11.0. The fourth-order valence-corrected chi connectivity index (χ4v) is 3.21. The number of fused-ring (bicyclic) bond motifs is 1. The first-order valence-electron chi connectivity index (χ1n) is 10.0. The number of amides is 1.